The molecule has 0 aliphatic rings. The van der Waals surface area contributed by atoms with Crippen molar-refractivity contribution in [1.29, 1.82) is 0 Å². The topological polar surface area (TPSA) is 0 Å². The molecule has 0 aromatic heterocycles. The van der Waals surface area contributed by atoms with E-state index in [1.807, 2.05) is 18.2 Å². The van der Waals surface area contributed by atoms with Crippen LogP contribution in [0.4, 0.5) is 0 Å². The van der Waals surface area contributed by atoms with Crippen LogP contribution in [0, 0.1) is 0 Å². The van der Waals surface area contributed by atoms with Crippen LogP contribution in [0.15, 0.2) is 30.3 Å². The fraction of sp³-hybridized carbons (Fsp3) is 0.333. The normalized spacial score (nSPS) is 12.9. The van der Waals surface area contributed by atoms with E-state index in [0.717, 1.165) is 6.42 Å². The van der Waals surface area contributed by atoms with Gasteiger partial charge in [-0.25, -0.2) is 0 Å². The Hall–Kier alpha value is -0.0100. The summed E-state index contributed by atoms with van der Waals surface area (Å²) in [6.45, 7) is 0. The first-order valence-corrected chi connectivity index (χ1v) is 5.04. The van der Waals surface area contributed by atoms with Crippen molar-refractivity contribution in [2.45, 2.75) is 11.2 Å². The van der Waals surface area contributed by atoms with Gasteiger partial charge in [0.2, 0.25) is 0 Å². The van der Waals surface area contributed by atoms with Gasteiger partial charge >= 0.3 is 0 Å². The lowest BCUT2D eigenvalue weighted by Crippen LogP contribution is -1.89. The summed E-state index contributed by atoms with van der Waals surface area (Å²) in [5, 5.41) is 0. The summed E-state index contributed by atoms with van der Waals surface area (Å²) in [5.74, 6) is 0.699. The molecule has 0 radical (unpaired) electrons. The van der Waals surface area contributed by atoms with E-state index in [2.05, 4.69) is 28.1 Å². The largest absolute Gasteiger partial charge is 0.127 e. The maximum absolute atomic E-state index is 5.62. The van der Waals surface area contributed by atoms with E-state index in [0.29, 0.717) is 10.7 Å². The molecular weight excluding hydrogens is 223 g/mol. The summed E-state index contributed by atoms with van der Waals surface area (Å²) in [5.41, 5.74) is 1.30. The van der Waals surface area contributed by atoms with E-state index in [-0.39, 0.29) is 0 Å². The molecule has 11 heavy (non-hydrogen) atoms. The van der Waals surface area contributed by atoms with Crippen LogP contribution in [0.5, 0.6) is 0 Å². The van der Waals surface area contributed by atoms with E-state index >= 15 is 0 Å². The Kier molecular flexibility index (Phi) is 3.95. The molecule has 0 saturated carbocycles. The summed E-state index contributed by atoms with van der Waals surface area (Å²) in [6, 6.07) is 10.3. The van der Waals surface area contributed by atoms with E-state index in [1.165, 1.54) is 5.56 Å². The monoisotopic (exact) mass is 232 g/mol. The van der Waals surface area contributed by atoms with Gasteiger partial charge in [-0.05, 0) is 12.0 Å². The van der Waals surface area contributed by atoms with Gasteiger partial charge < -0.3 is 0 Å². The molecule has 60 valence electrons. The van der Waals surface area contributed by atoms with Crippen molar-refractivity contribution in [2.24, 2.45) is 0 Å². The summed E-state index contributed by atoms with van der Waals surface area (Å²) in [4.78, 5) is 0.404. The zero-order valence-corrected chi connectivity index (χ0v) is 8.48. The van der Waals surface area contributed by atoms with E-state index in [4.69, 9.17) is 11.6 Å². The molecule has 0 saturated heterocycles. The average molecular weight is 234 g/mol. The van der Waals surface area contributed by atoms with Crippen LogP contribution in [0.3, 0.4) is 0 Å². The van der Waals surface area contributed by atoms with Gasteiger partial charge in [-0.15, -0.1) is 11.6 Å². The first-order chi connectivity index (χ1) is 5.34. The minimum atomic E-state index is 0.404. The first kappa shape index (κ1) is 9.08. The number of hydrogen-bond donors (Lipinski definition) is 0. The molecule has 1 aromatic carbocycles. The Labute approximate surface area is 80.7 Å². The lowest BCUT2D eigenvalue weighted by molar-refractivity contribution is 0.918. The predicted molar refractivity (Wildman–Crippen MR) is 53.4 cm³/mol. The van der Waals surface area contributed by atoms with Crippen molar-refractivity contribution in [2.75, 3.05) is 5.88 Å². The van der Waals surface area contributed by atoms with Gasteiger partial charge in [-0.1, -0.05) is 46.3 Å². The highest BCUT2D eigenvalue weighted by Gasteiger charge is 2.03. The fourth-order valence-corrected chi connectivity index (χ4v) is 1.94. The molecule has 0 N–H and O–H groups in total. The number of benzene rings is 1. The van der Waals surface area contributed by atoms with E-state index in [1.54, 1.807) is 0 Å². The van der Waals surface area contributed by atoms with Crippen LogP contribution in [0.25, 0.3) is 0 Å². The second kappa shape index (κ2) is 4.78. The maximum atomic E-state index is 5.62. The number of halogens is 2. The zero-order valence-electron chi connectivity index (χ0n) is 6.13. The van der Waals surface area contributed by atoms with Crippen molar-refractivity contribution >= 4 is 27.5 Å². The first-order valence-electron chi connectivity index (χ1n) is 3.59. The molecule has 0 spiro atoms. The van der Waals surface area contributed by atoms with Gasteiger partial charge in [0.05, 0.1) is 0 Å². The third kappa shape index (κ3) is 2.84. The quantitative estimate of drug-likeness (QED) is 0.698. The standard InChI is InChI=1S/C9H10BrCl/c10-9(6-7-11)8-4-2-1-3-5-8/h1-5,9H,6-7H2/t9-/m0/s1. The molecule has 2 heteroatoms. The van der Waals surface area contributed by atoms with Crippen LogP contribution >= 0.6 is 27.5 Å². The van der Waals surface area contributed by atoms with Gasteiger partial charge in [-0.2, -0.15) is 0 Å². The molecule has 1 aromatic rings. The Morgan fingerprint density at radius 3 is 2.45 bits per heavy atom. The summed E-state index contributed by atoms with van der Waals surface area (Å²) < 4.78 is 0. The van der Waals surface area contributed by atoms with Gasteiger partial charge in [0.25, 0.3) is 0 Å². The molecule has 0 aliphatic carbocycles. The molecule has 0 nitrogen and oxygen atoms in total. The third-order valence-corrected chi connectivity index (χ3v) is 2.73. The lowest BCUT2D eigenvalue weighted by Gasteiger charge is -2.06. The Morgan fingerprint density at radius 1 is 1.27 bits per heavy atom. The van der Waals surface area contributed by atoms with Crippen LogP contribution in [0.1, 0.15) is 16.8 Å². The van der Waals surface area contributed by atoms with Crippen LogP contribution < -0.4 is 0 Å². The van der Waals surface area contributed by atoms with Gasteiger partial charge in [0, 0.05) is 10.7 Å². The molecule has 0 aliphatic heterocycles. The minimum Gasteiger partial charge on any atom is -0.127 e. The second-order valence-corrected chi connectivity index (χ2v) is 3.84. The van der Waals surface area contributed by atoms with Crippen LogP contribution in [0.2, 0.25) is 0 Å². The van der Waals surface area contributed by atoms with Crippen molar-refractivity contribution in [1.82, 2.24) is 0 Å². The lowest BCUT2D eigenvalue weighted by atomic mass is 10.1. The summed E-state index contributed by atoms with van der Waals surface area (Å²) >= 11 is 9.18. The second-order valence-electron chi connectivity index (χ2n) is 2.36. The smallest absolute Gasteiger partial charge is 0.0406 e. The maximum Gasteiger partial charge on any atom is 0.0406 e. The Balaban J connectivity index is 2.61. The van der Waals surface area contributed by atoms with Gasteiger partial charge in [0.1, 0.15) is 0 Å². The highest BCUT2D eigenvalue weighted by atomic mass is 79.9. The molecule has 0 amide bonds. The SMILES string of the molecule is ClCC[C@H](Br)c1ccccc1. The van der Waals surface area contributed by atoms with Crippen molar-refractivity contribution in [3.8, 4) is 0 Å². The molecular formula is C9H10BrCl. The molecule has 0 fully saturated rings. The van der Waals surface area contributed by atoms with E-state index in [9.17, 15) is 0 Å². The number of rotatable bonds is 3. The van der Waals surface area contributed by atoms with Gasteiger partial charge in [-0.3, -0.25) is 0 Å². The minimum absolute atomic E-state index is 0.404. The Bertz CT molecular complexity index is 198. The number of alkyl halides is 2. The predicted octanol–water partition coefficient (Wildman–Crippen LogP) is 3.75. The van der Waals surface area contributed by atoms with Gasteiger partial charge in [0.15, 0.2) is 0 Å². The molecule has 0 unspecified atom stereocenters. The zero-order chi connectivity index (χ0) is 8.10. The van der Waals surface area contributed by atoms with Crippen LogP contribution in [-0.2, 0) is 0 Å². The van der Waals surface area contributed by atoms with Crippen molar-refractivity contribution in [3.63, 3.8) is 0 Å². The van der Waals surface area contributed by atoms with Crippen molar-refractivity contribution in [3.05, 3.63) is 35.9 Å². The molecule has 1 rings (SSSR count). The van der Waals surface area contributed by atoms with Crippen LogP contribution in [-0.4, -0.2) is 5.88 Å². The molecule has 0 bridgehead atoms. The highest BCUT2D eigenvalue weighted by molar-refractivity contribution is 9.09. The number of hydrogen-bond acceptors (Lipinski definition) is 0. The molecule has 0 heterocycles. The summed E-state index contributed by atoms with van der Waals surface area (Å²) in [7, 11) is 0. The van der Waals surface area contributed by atoms with Crippen molar-refractivity contribution < 1.29 is 0 Å². The fourth-order valence-electron chi connectivity index (χ4n) is 0.924. The third-order valence-electron chi connectivity index (χ3n) is 1.52. The Morgan fingerprint density at radius 2 is 1.91 bits per heavy atom. The summed E-state index contributed by atoms with van der Waals surface area (Å²) in [6.07, 6.45) is 0.978. The molecule has 1 atom stereocenters. The average Bonchev–Trinajstić information content (AvgIpc) is 2.07. The highest BCUT2D eigenvalue weighted by Crippen LogP contribution is 2.25. The van der Waals surface area contributed by atoms with E-state index < -0.39 is 0 Å².